The standard InChI is InChI=1S/C18H28O4/c1-3-4-6-9-15-12-16(19)14-17(13-15)22-11-8-5-7-10-18(20)21-2/h12-14,19H,3-11H2,1-2H3. The van der Waals surface area contributed by atoms with Crippen molar-refractivity contribution < 1.29 is 19.4 Å². The number of ether oxygens (including phenoxy) is 2. The van der Waals surface area contributed by atoms with Crippen LogP contribution in [0.3, 0.4) is 0 Å². The van der Waals surface area contributed by atoms with Crippen molar-refractivity contribution in [2.75, 3.05) is 13.7 Å². The van der Waals surface area contributed by atoms with Gasteiger partial charge in [0.1, 0.15) is 11.5 Å². The van der Waals surface area contributed by atoms with Crippen LogP contribution in [0.25, 0.3) is 0 Å². The first-order chi connectivity index (χ1) is 10.7. The second-order valence-corrected chi connectivity index (χ2v) is 5.53. The number of esters is 1. The van der Waals surface area contributed by atoms with Crippen molar-refractivity contribution in [3.63, 3.8) is 0 Å². The number of rotatable bonds is 11. The summed E-state index contributed by atoms with van der Waals surface area (Å²) in [6, 6.07) is 5.46. The van der Waals surface area contributed by atoms with Gasteiger partial charge in [0.25, 0.3) is 0 Å². The molecule has 1 aromatic carbocycles. The number of aryl methyl sites for hydroxylation is 1. The predicted molar refractivity (Wildman–Crippen MR) is 87.3 cm³/mol. The van der Waals surface area contributed by atoms with Crippen molar-refractivity contribution in [2.45, 2.75) is 58.3 Å². The zero-order valence-electron chi connectivity index (χ0n) is 13.8. The number of phenolic OH excluding ortho intramolecular Hbond substituents is 1. The Labute approximate surface area is 133 Å². The molecule has 22 heavy (non-hydrogen) atoms. The third kappa shape index (κ3) is 7.91. The molecule has 0 aromatic heterocycles. The maximum Gasteiger partial charge on any atom is 0.305 e. The van der Waals surface area contributed by atoms with Gasteiger partial charge in [0, 0.05) is 12.5 Å². The van der Waals surface area contributed by atoms with E-state index in [4.69, 9.17) is 4.74 Å². The first kappa shape index (κ1) is 18.3. The second kappa shape index (κ2) is 10.9. The quantitative estimate of drug-likeness (QED) is 0.491. The van der Waals surface area contributed by atoms with Gasteiger partial charge >= 0.3 is 5.97 Å². The van der Waals surface area contributed by atoms with E-state index in [0.29, 0.717) is 13.0 Å². The molecule has 1 rings (SSSR count). The van der Waals surface area contributed by atoms with E-state index < -0.39 is 0 Å². The maximum atomic E-state index is 11.0. The number of carbonyl (C=O) groups is 1. The summed E-state index contributed by atoms with van der Waals surface area (Å²) < 4.78 is 10.3. The lowest BCUT2D eigenvalue weighted by atomic mass is 10.1. The monoisotopic (exact) mass is 308 g/mol. The van der Waals surface area contributed by atoms with Crippen molar-refractivity contribution in [1.82, 2.24) is 0 Å². The summed E-state index contributed by atoms with van der Waals surface area (Å²) in [5.74, 6) is 0.819. The van der Waals surface area contributed by atoms with Crippen LogP contribution < -0.4 is 4.74 Å². The van der Waals surface area contributed by atoms with Crippen LogP contribution in [0.5, 0.6) is 11.5 Å². The highest BCUT2D eigenvalue weighted by atomic mass is 16.5. The lowest BCUT2D eigenvalue weighted by molar-refractivity contribution is -0.140. The number of aromatic hydroxyl groups is 1. The molecule has 0 spiro atoms. The highest BCUT2D eigenvalue weighted by Gasteiger charge is 2.03. The predicted octanol–water partition coefficient (Wildman–Crippen LogP) is 4.24. The highest BCUT2D eigenvalue weighted by Crippen LogP contribution is 2.23. The summed E-state index contributed by atoms with van der Waals surface area (Å²) in [4.78, 5) is 11.0. The summed E-state index contributed by atoms with van der Waals surface area (Å²) in [5.41, 5.74) is 1.12. The molecule has 0 unspecified atom stereocenters. The Kier molecular flexibility index (Phi) is 9.12. The topological polar surface area (TPSA) is 55.8 Å². The Hall–Kier alpha value is -1.71. The van der Waals surface area contributed by atoms with Crippen LogP contribution >= 0.6 is 0 Å². The highest BCUT2D eigenvalue weighted by molar-refractivity contribution is 5.68. The van der Waals surface area contributed by atoms with E-state index in [1.807, 2.05) is 6.07 Å². The fourth-order valence-electron chi connectivity index (χ4n) is 2.29. The lowest BCUT2D eigenvalue weighted by Gasteiger charge is -2.09. The van der Waals surface area contributed by atoms with E-state index in [0.717, 1.165) is 43.4 Å². The van der Waals surface area contributed by atoms with Crippen LogP contribution in [0.4, 0.5) is 0 Å². The lowest BCUT2D eigenvalue weighted by Crippen LogP contribution is -2.01. The minimum Gasteiger partial charge on any atom is -0.508 e. The van der Waals surface area contributed by atoms with E-state index in [-0.39, 0.29) is 11.7 Å². The molecule has 0 fully saturated rings. The average molecular weight is 308 g/mol. The largest absolute Gasteiger partial charge is 0.508 e. The first-order valence-corrected chi connectivity index (χ1v) is 8.18. The van der Waals surface area contributed by atoms with E-state index in [1.165, 1.54) is 20.0 Å². The number of methoxy groups -OCH3 is 1. The number of benzene rings is 1. The SMILES string of the molecule is CCCCCc1cc(O)cc(OCCCCCC(=O)OC)c1. The molecular weight excluding hydrogens is 280 g/mol. The molecule has 4 nitrogen and oxygen atoms in total. The molecule has 0 aliphatic carbocycles. The van der Waals surface area contributed by atoms with Gasteiger partial charge in [-0.25, -0.2) is 0 Å². The van der Waals surface area contributed by atoms with Gasteiger partial charge in [0.05, 0.1) is 13.7 Å². The van der Waals surface area contributed by atoms with Crippen LogP contribution in [0, 0.1) is 0 Å². The zero-order valence-corrected chi connectivity index (χ0v) is 13.8. The third-order valence-corrected chi connectivity index (χ3v) is 3.54. The Morgan fingerprint density at radius 1 is 1.09 bits per heavy atom. The molecule has 0 bridgehead atoms. The molecule has 124 valence electrons. The summed E-state index contributed by atoms with van der Waals surface area (Å²) in [6.45, 7) is 2.77. The minimum absolute atomic E-state index is 0.161. The van der Waals surface area contributed by atoms with Crippen LogP contribution in [-0.4, -0.2) is 24.8 Å². The Morgan fingerprint density at radius 2 is 1.91 bits per heavy atom. The minimum atomic E-state index is -0.161. The molecule has 0 saturated carbocycles. The number of carbonyl (C=O) groups excluding carboxylic acids is 1. The maximum absolute atomic E-state index is 11.0. The van der Waals surface area contributed by atoms with E-state index in [9.17, 15) is 9.90 Å². The average Bonchev–Trinajstić information content (AvgIpc) is 2.50. The molecule has 0 radical (unpaired) electrons. The fraction of sp³-hybridized carbons (Fsp3) is 0.611. The van der Waals surface area contributed by atoms with Crippen molar-refractivity contribution in [3.8, 4) is 11.5 Å². The Bertz CT molecular complexity index is 443. The second-order valence-electron chi connectivity index (χ2n) is 5.53. The molecule has 0 saturated heterocycles. The van der Waals surface area contributed by atoms with E-state index in [2.05, 4.69) is 11.7 Å². The third-order valence-electron chi connectivity index (χ3n) is 3.54. The van der Waals surface area contributed by atoms with Gasteiger partial charge in [-0.2, -0.15) is 0 Å². The van der Waals surface area contributed by atoms with E-state index in [1.54, 1.807) is 12.1 Å². The molecule has 0 aliphatic heterocycles. The van der Waals surface area contributed by atoms with Gasteiger partial charge in [-0.3, -0.25) is 4.79 Å². The molecule has 0 heterocycles. The molecule has 1 aromatic rings. The van der Waals surface area contributed by atoms with Crippen LogP contribution in [-0.2, 0) is 16.0 Å². The van der Waals surface area contributed by atoms with Gasteiger partial charge < -0.3 is 14.6 Å². The normalized spacial score (nSPS) is 10.5. The molecule has 1 N–H and O–H groups in total. The van der Waals surface area contributed by atoms with Gasteiger partial charge in [-0.15, -0.1) is 0 Å². The summed E-state index contributed by atoms with van der Waals surface area (Å²) in [7, 11) is 1.41. The summed E-state index contributed by atoms with van der Waals surface area (Å²) in [5, 5.41) is 9.75. The number of hydrogen-bond acceptors (Lipinski definition) is 4. The molecular formula is C18H28O4. The van der Waals surface area contributed by atoms with Crippen LogP contribution in [0.2, 0.25) is 0 Å². The van der Waals surface area contributed by atoms with Crippen molar-refractivity contribution in [3.05, 3.63) is 23.8 Å². The summed E-state index contributed by atoms with van der Waals surface area (Å²) in [6.07, 6.45) is 7.59. The van der Waals surface area contributed by atoms with Gasteiger partial charge in [0.2, 0.25) is 0 Å². The molecule has 0 aliphatic rings. The molecule has 0 atom stereocenters. The number of phenols is 1. The molecule has 0 amide bonds. The van der Waals surface area contributed by atoms with Crippen molar-refractivity contribution in [1.29, 1.82) is 0 Å². The fourth-order valence-corrected chi connectivity index (χ4v) is 2.29. The van der Waals surface area contributed by atoms with Gasteiger partial charge in [-0.1, -0.05) is 19.8 Å². The van der Waals surface area contributed by atoms with Gasteiger partial charge in [-0.05, 0) is 49.8 Å². The summed E-state index contributed by atoms with van der Waals surface area (Å²) >= 11 is 0. The number of hydrogen-bond donors (Lipinski definition) is 1. The van der Waals surface area contributed by atoms with Crippen LogP contribution in [0.1, 0.15) is 57.4 Å². The molecule has 4 heteroatoms. The first-order valence-electron chi connectivity index (χ1n) is 8.18. The smallest absolute Gasteiger partial charge is 0.305 e. The Balaban J connectivity index is 2.28. The van der Waals surface area contributed by atoms with Gasteiger partial charge in [0.15, 0.2) is 0 Å². The zero-order chi connectivity index (χ0) is 16.2. The van der Waals surface area contributed by atoms with Crippen molar-refractivity contribution in [2.24, 2.45) is 0 Å². The Morgan fingerprint density at radius 3 is 2.64 bits per heavy atom. The van der Waals surface area contributed by atoms with Crippen molar-refractivity contribution >= 4 is 5.97 Å². The van der Waals surface area contributed by atoms with Crippen LogP contribution in [0.15, 0.2) is 18.2 Å². The van der Waals surface area contributed by atoms with E-state index >= 15 is 0 Å². The number of unbranched alkanes of at least 4 members (excludes halogenated alkanes) is 4.